The highest BCUT2D eigenvalue weighted by Crippen LogP contribution is 2.29. The Morgan fingerprint density at radius 3 is 2.36 bits per heavy atom. The molecular weight excluding hydrogens is 384 g/mol. The molecule has 1 amide bonds. The molecule has 0 fully saturated rings. The number of carboxylic acids is 1. The lowest BCUT2D eigenvalue weighted by molar-refractivity contribution is 0.0691. The average Bonchev–Trinajstić information content (AvgIpc) is 2.70. The Kier molecular flexibility index (Phi) is 7.58. The van der Waals surface area contributed by atoms with Crippen molar-refractivity contribution in [2.45, 2.75) is 0 Å². The molecule has 3 N–H and O–H groups in total. The van der Waals surface area contributed by atoms with Gasteiger partial charge in [-0.05, 0) is 36.5 Å². The highest BCUT2D eigenvalue weighted by molar-refractivity contribution is 7.80. The van der Waals surface area contributed by atoms with Crippen molar-refractivity contribution in [3.8, 4) is 11.5 Å². The first kappa shape index (κ1) is 21.0. The summed E-state index contributed by atoms with van der Waals surface area (Å²) in [6, 6.07) is 11.2. The molecule has 0 spiro atoms. The number of thiocarbonyl (C=S) groups is 1. The van der Waals surface area contributed by atoms with Crippen LogP contribution < -0.4 is 20.1 Å². The van der Waals surface area contributed by atoms with E-state index < -0.39 is 11.9 Å². The molecule has 0 unspecified atom stereocenters. The van der Waals surface area contributed by atoms with Crippen LogP contribution in [-0.4, -0.2) is 49.5 Å². The molecule has 0 saturated heterocycles. The molecule has 2 aromatic carbocycles. The summed E-state index contributed by atoms with van der Waals surface area (Å²) in [5.41, 5.74) is 0.676. The standard InChI is InChI=1S/C19H20N2O6S/c1-25-15-8-7-12(11-16(15)26-2)21-19(28)27-10-9-20-17(22)13-5-3-4-6-14(13)18(23)24/h3-8,11H,9-10H2,1-2H3,(H,20,22)(H,21,28)(H,23,24). The van der Waals surface area contributed by atoms with Crippen LogP contribution in [0.1, 0.15) is 20.7 Å². The molecule has 0 aliphatic carbocycles. The quantitative estimate of drug-likeness (QED) is 0.455. The Morgan fingerprint density at radius 2 is 1.71 bits per heavy atom. The van der Waals surface area contributed by atoms with Gasteiger partial charge in [-0.2, -0.15) is 0 Å². The van der Waals surface area contributed by atoms with Gasteiger partial charge in [0.2, 0.25) is 0 Å². The minimum atomic E-state index is -1.16. The zero-order chi connectivity index (χ0) is 20.5. The van der Waals surface area contributed by atoms with E-state index in [-0.39, 0.29) is 29.5 Å². The number of ether oxygens (including phenoxy) is 3. The van der Waals surface area contributed by atoms with Gasteiger partial charge in [0.15, 0.2) is 11.5 Å². The average molecular weight is 404 g/mol. The maximum Gasteiger partial charge on any atom is 0.336 e. The number of hydrogen-bond acceptors (Lipinski definition) is 6. The molecule has 0 heterocycles. The largest absolute Gasteiger partial charge is 0.493 e. The summed E-state index contributed by atoms with van der Waals surface area (Å²) in [6.07, 6.45) is 0. The predicted octanol–water partition coefficient (Wildman–Crippen LogP) is 2.55. The molecular formula is C19H20N2O6S. The highest BCUT2D eigenvalue weighted by atomic mass is 32.1. The van der Waals surface area contributed by atoms with Crippen molar-refractivity contribution in [1.82, 2.24) is 5.32 Å². The van der Waals surface area contributed by atoms with Crippen molar-refractivity contribution < 1.29 is 28.9 Å². The second kappa shape index (κ2) is 10.1. The monoisotopic (exact) mass is 404 g/mol. The second-order valence-electron chi connectivity index (χ2n) is 5.44. The number of carbonyl (C=O) groups is 2. The molecule has 2 rings (SSSR count). The summed E-state index contributed by atoms with van der Waals surface area (Å²) in [6.45, 7) is 0.265. The normalized spacial score (nSPS) is 9.93. The Labute approximate surface area is 167 Å². The number of hydrogen-bond donors (Lipinski definition) is 3. The van der Waals surface area contributed by atoms with Crippen molar-refractivity contribution >= 4 is 35.0 Å². The summed E-state index contributed by atoms with van der Waals surface area (Å²) >= 11 is 5.11. The SMILES string of the molecule is COc1ccc(NC(=S)OCCNC(=O)c2ccccc2C(=O)O)cc1OC. The van der Waals surface area contributed by atoms with Crippen LogP contribution in [0.3, 0.4) is 0 Å². The molecule has 148 valence electrons. The van der Waals surface area contributed by atoms with Gasteiger partial charge in [-0.25, -0.2) is 4.79 Å². The van der Waals surface area contributed by atoms with Gasteiger partial charge in [-0.15, -0.1) is 0 Å². The molecule has 28 heavy (non-hydrogen) atoms. The number of aromatic carboxylic acids is 1. The van der Waals surface area contributed by atoms with Gasteiger partial charge in [-0.1, -0.05) is 12.1 Å². The molecule has 0 saturated carbocycles. The molecule has 0 aliphatic heterocycles. The number of carbonyl (C=O) groups excluding carboxylic acids is 1. The van der Waals surface area contributed by atoms with Crippen LogP contribution in [0.25, 0.3) is 0 Å². The Hall–Kier alpha value is -3.33. The number of anilines is 1. The molecule has 2 aromatic rings. The van der Waals surface area contributed by atoms with Gasteiger partial charge in [0.25, 0.3) is 11.1 Å². The van der Waals surface area contributed by atoms with Gasteiger partial charge >= 0.3 is 5.97 Å². The van der Waals surface area contributed by atoms with Crippen LogP contribution in [0, 0.1) is 0 Å². The van der Waals surface area contributed by atoms with Crippen LogP contribution in [-0.2, 0) is 4.74 Å². The zero-order valence-corrected chi connectivity index (χ0v) is 16.2. The fraction of sp³-hybridized carbons (Fsp3) is 0.211. The van der Waals surface area contributed by atoms with Gasteiger partial charge in [0.05, 0.1) is 31.9 Å². The fourth-order valence-corrected chi connectivity index (χ4v) is 2.54. The maximum absolute atomic E-state index is 12.1. The third-order valence-electron chi connectivity index (χ3n) is 3.65. The van der Waals surface area contributed by atoms with E-state index in [1.165, 1.54) is 19.2 Å². The number of nitrogens with one attached hydrogen (secondary N) is 2. The van der Waals surface area contributed by atoms with E-state index in [0.717, 1.165) is 0 Å². The maximum atomic E-state index is 12.1. The third-order valence-corrected chi connectivity index (χ3v) is 3.87. The lowest BCUT2D eigenvalue weighted by atomic mass is 10.1. The molecule has 0 radical (unpaired) electrons. The van der Waals surface area contributed by atoms with Gasteiger partial charge < -0.3 is 30.0 Å². The van der Waals surface area contributed by atoms with Crippen molar-refractivity contribution in [3.63, 3.8) is 0 Å². The van der Waals surface area contributed by atoms with E-state index in [1.54, 1.807) is 37.4 Å². The van der Waals surface area contributed by atoms with Gasteiger partial charge in [0.1, 0.15) is 6.61 Å². The van der Waals surface area contributed by atoms with E-state index >= 15 is 0 Å². The smallest absolute Gasteiger partial charge is 0.336 e. The van der Waals surface area contributed by atoms with Crippen LogP contribution in [0.15, 0.2) is 42.5 Å². The number of rotatable bonds is 8. The van der Waals surface area contributed by atoms with Crippen molar-refractivity contribution in [1.29, 1.82) is 0 Å². The minimum absolute atomic E-state index is 0.0634. The van der Waals surface area contributed by atoms with Crippen LogP contribution in [0.5, 0.6) is 11.5 Å². The van der Waals surface area contributed by atoms with Crippen LogP contribution >= 0.6 is 12.2 Å². The first-order valence-corrected chi connectivity index (χ1v) is 8.63. The van der Waals surface area contributed by atoms with E-state index in [1.807, 2.05) is 0 Å². The van der Waals surface area contributed by atoms with E-state index in [2.05, 4.69) is 10.6 Å². The molecule has 9 heteroatoms. The Bertz CT molecular complexity index is 871. The number of benzene rings is 2. The van der Waals surface area contributed by atoms with Crippen molar-refractivity contribution in [2.75, 3.05) is 32.7 Å². The molecule has 0 bridgehead atoms. The fourth-order valence-electron chi connectivity index (χ4n) is 2.34. The lowest BCUT2D eigenvalue weighted by Crippen LogP contribution is -2.30. The summed E-state index contributed by atoms with van der Waals surface area (Å²) in [4.78, 5) is 23.3. The molecule has 8 nitrogen and oxygen atoms in total. The lowest BCUT2D eigenvalue weighted by Gasteiger charge is -2.13. The van der Waals surface area contributed by atoms with Gasteiger partial charge in [0, 0.05) is 11.8 Å². The number of methoxy groups -OCH3 is 2. The van der Waals surface area contributed by atoms with Crippen LogP contribution in [0.4, 0.5) is 5.69 Å². The third kappa shape index (κ3) is 5.58. The second-order valence-corrected chi connectivity index (χ2v) is 5.81. The van der Waals surface area contributed by atoms with Crippen molar-refractivity contribution in [2.24, 2.45) is 0 Å². The summed E-state index contributed by atoms with van der Waals surface area (Å²) < 4.78 is 15.7. The molecule has 0 aromatic heterocycles. The zero-order valence-electron chi connectivity index (χ0n) is 15.4. The van der Waals surface area contributed by atoms with Crippen LogP contribution in [0.2, 0.25) is 0 Å². The summed E-state index contributed by atoms with van der Waals surface area (Å²) in [5.74, 6) is -0.536. The summed E-state index contributed by atoms with van der Waals surface area (Å²) in [7, 11) is 3.07. The topological polar surface area (TPSA) is 106 Å². The number of amides is 1. The first-order valence-electron chi connectivity index (χ1n) is 8.22. The van der Waals surface area contributed by atoms with Gasteiger partial charge in [-0.3, -0.25) is 4.79 Å². The highest BCUT2D eigenvalue weighted by Gasteiger charge is 2.15. The Morgan fingerprint density at radius 1 is 1.04 bits per heavy atom. The van der Waals surface area contributed by atoms with E-state index in [4.69, 9.17) is 31.5 Å². The Balaban J connectivity index is 1.81. The van der Waals surface area contributed by atoms with Crippen molar-refractivity contribution in [3.05, 3.63) is 53.6 Å². The first-order chi connectivity index (χ1) is 13.5. The minimum Gasteiger partial charge on any atom is -0.493 e. The van der Waals surface area contributed by atoms with E-state index in [9.17, 15) is 9.59 Å². The van der Waals surface area contributed by atoms with E-state index in [0.29, 0.717) is 17.2 Å². The summed E-state index contributed by atoms with van der Waals surface area (Å²) in [5, 5.41) is 14.7. The molecule has 0 aliphatic rings. The molecule has 0 atom stereocenters. The predicted molar refractivity (Wildman–Crippen MR) is 107 cm³/mol. The number of carboxylic acid groups (broad SMARTS) is 1.